The Morgan fingerprint density at radius 3 is 2.83 bits per heavy atom. The van der Waals surface area contributed by atoms with Crippen LogP contribution in [-0.4, -0.2) is 41.9 Å². The van der Waals surface area contributed by atoms with Crippen LogP contribution in [-0.2, 0) is 16.1 Å². The minimum Gasteiger partial charge on any atom is -0.480 e. The standard InChI is InChI=1S/C17H17N3O3/c1-19(10-13-6-3-2-4-7-13)15(21)11-20-16(22)12-23-14-8-5-9-18-17(14)20/h2-9H,10-12H2,1H3. The zero-order valence-electron chi connectivity index (χ0n) is 12.8. The quantitative estimate of drug-likeness (QED) is 0.858. The van der Waals surface area contributed by atoms with Crippen molar-refractivity contribution in [2.75, 3.05) is 25.1 Å². The van der Waals surface area contributed by atoms with Crippen LogP contribution in [0.5, 0.6) is 5.75 Å². The maximum absolute atomic E-state index is 12.4. The number of benzene rings is 1. The molecule has 2 aromatic rings. The van der Waals surface area contributed by atoms with Crippen LogP contribution >= 0.6 is 0 Å². The zero-order chi connectivity index (χ0) is 16.2. The summed E-state index contributed by atoms with van der Waals surface area (Å²) in [5.41, 5.74) is 1.04. The number of hydrogen-bond donors (Lipinski definition) is 0. The van der Waals surface area contributed by atoms with Crippen LogP contribution < -0.4 is 9.64 Å². The molecule has 1 aromatic carbocycles. The molecule has 3 rings (SSSR count). The molecule has 0 saturated heterocycles. The highest BCUT2D eigenvalue weighted by Gasteiger charge is 2.29. The number of ether oxygens (including phenoxy) is 1. The molecule has 0 radical (unpaired) electrons. The predicted molar refractivity (Wildman–Crippen MR) is 85.0 cm³/mol. The van der Waals surface area contributed by atoms with Crippen molar-refractivity contribution >= 4 is 17.6 Å². The molecule has 0 atom stereocenters. The lowest BCUT2D eigenvalue weighted by Crippen LogP contribution is -2.45. The van der Waals surface area contributed by atoms with Crippen molar-refractivity contribution in [2.45, 2.75) is 6.54 Å². The number of aromatic nitrogens is 1. The molecule has 0 bridgehead atoms. The van der Waals surface area contributed by atoms with E-state index in [1.54, 1.807) is 30.3 Å². The minimum absolute atomic E-state index is 0.0461. The molecule has 1 aliphatic heterocycles. The Morgan fingerprint density at radius 2 is 2.04 bits per heavy atom. The van der Waals surface area contributed by atoms with Crippen molar-refractivity contribution in [3.63, 3.8) is 0 Å². The van der Waals surface area contributed by atoms with Gasteiger partial charge in [-0.3, -0.25) is 14.5 Å². The molecule has 1 aromatic heterocycles. The molecule has 0 saturated carbocycles. The Hall–Kier alpha value is -2.89. The highest BCUT2D eigenvalue weighted by atomic mass is 16.5. The third-order valence-electron chi connectivity index (χ3n) is 3.64. The number of rotatable bonds is 4. The summed E-state index contributed by atoms with van der Waals surface area (Å²) in [6, 6.07) is 13.2. The number of likely N-dealkylation sites (N-methyl/N-ethyl adjacent to an activating group) is 1. The van der Waals surface area contributed by atoms with E-state index < -0.39 is 0 Å². The first-order valence-corrected chi connectivity index (χ1v) is 7.31. The van der Waals surface area contributed by atoms with Crippen molar-refractivity contribution in [1.29, 1.82) is 0 Å². The lowest BCUT2D eigenvalue weighted by molar-refractivity contribution is -0.131. The highest BCUT2D eigenvalue weighted by molar-refractivity contribution is 6.01. The van der Waals surface area contributed by atoms with Gasteiger partial charge in [-0.25, -0.2) is 4.98 Å². The average Bonchev–Trinajstić information content (AvgIpc) is 2.58. The molecule has 0 fully saturated rings. The maximum Gasteiger partial charge on any atom is 0.266 e. The number of fused-ring (bicyclic) bond motifs is 1. The summed E-state index contributed by atoms with van der Waals surface area (Å²) in [5, 5.41) is 0. The van der Waals surface area contributed by atoms with Gasteiger partial charge in [0.1, 0.15) is 6.54 Å². The lowest BCUT2D eigenvalue weighted by atomic mass is 10.2. The lowest BCUT2D eigenvalue weighted by Gasteiger charge is -2.29. The van der Waals surface area contributed by atoms with Gasteiger partial charge in [0.05, 0.1) is 0 Å². The number of carbonyl (C=O) groups is 2. The van der Waals surface area contributed by atoms with E-state index in [9.17, 15) is 9.59 Å². The van der Waals surface area contributed by atoms with Crippen LogP contribution in [0.15, 0.2) is 48.7 Å². The summed E-state index contributed by atoms with van der Waals surface area (Å²) in [6.07, 6.45) is 1.58. The fourth-order valence-electron chi connectivity index (χ4n) is 2.40. The van der Waals surface area contributed by atoms with E-state index in [0.29, 0.717) is 18.1 Å². The van der Waals surface area contributed by atoms with Gasteiger partial charge >= 0.3 is 0 Å². The average molecular weight is 311 g/mol. The van der Waals surface area contributed by atoms with Crippen molar-refractivity contribution in [3.05, 3.63) is 54.2 Å². The summed E-state index contributed by atoms with van der Waals surface area (Å²) in [5.74, 6) is 0.495. The molecule has 2 heterocycles. The Labute approximate surface area is 134 Å². The van der Waals surface area contributed by atoms with E-state index in [2.05, 4.69) is 4.98 Å². The smallest absolute Gasteiger partial charge is 0.266 e. The third-order valence-corrected chi connectivity index (χ3v) is 3.64. The first kappa shape index (κ1) is 15.0. The van der Waals surface area contributed by atoms with Crippen LogP contribution in [0.25, 0.3) is 0 Å². The van der Waals surface area contributed by atoms with E-state index in [-0.39, 0.29) is 25.0 Å². The summed E-state index contributed by atoms with van der Waals surface area (Å²) in [4.78, 5) is 31.6. The second-order valence-electron chi connectivity index (χ2n) is 5.33. The summed E-state index contributed by atoms with van der Waals surface area (Å²) in [7, 11) is 1.72. The van der Waals surface area contributed by atoms with Gasteiger partial charge in [0.15, 0.2) is 18.2 Å². The van der Waals surface area contributed by atoms with Gasteiger partial charge in [0, 0.05) is 19.8 Å². The molecule has 2 amide bonds. The second-order valence-corrected chi connectivity index (χ2v) is 5.33. The van der Waals surface area contributed by atoms with E-state index in [1.165, 1.54) is 4.90 Å². The first-order valence-electron chi connectivity index (χ1n) is 7.31. The fourth-order valence-corrected chi connectivity index (χ4v) is 2.40. The summed E-state index contributed by atoms with van der Waals surface area (Å²) >= 11 is 0. The van der Waals surface area contributed by atoms with E-state index in [0.717, 1.165) is 5.56 Å². The normalized spacial score (nSPS) is 13.3. The number of anilines is 1. The van der Waals surface area contributed by atoms with E-state index in [4.69, 9.17) is 4.74 Å². The summed E-state index contributed by atoms with van der Waals surface area (Å²) < 4.78 is 5.33. The van der Waals surface area contributed by atoms with Gasteiger partial charge in [-0.05, 0) is 17.7 Å². The van der Waals surface area contributed by atoms with Crippen molar-refractivity contribution in [3.8, 4) is 5.75 Å². The van der Waals surface area contributed by atoms with Crippen LogP contribution in [0.4, 0.5) is 5.82 Å². The van der Waals surface area contributed by atoms with Gasteiger partial charge in [0.2, 0.25) is 5.91 Å². The largest absolute Gasteiger partial charge is 0.480 e. The van der Waals surface area contributed by atoms with Crippen molar-refractivity contribution in [2.24, 2.45) is 0 Å². The molecule has 0 aliphatic carbocycles. The number of carbonyl (C=O) groups excluding carboxylic acids is 2. The van der Waals surface area contributed by atoms with Gasteiger partial charge in [-0.15, -0.1) is 0 Å². The van der Waals surface area contributed by atoms with Gasteiger partial charge in [-0.2, -0.15) is 0 Å². The van der Waals surface area contributed by atoms with E-state index >= 15 is 0 Å². The molecular formula is C17H17N3O3. The van der Waals surface area contributed by atoms with Crippen LogP contribution in [0.2, 0.25) is 0 Å². The Morgan fingerprint density at radius 1 is 1.26 bits per heavy atom. The molecule has 0 spiro atoms. The molecule has 6 nitrogen and oxygen atoms in total. The fraction of sp³-hybridized carbons (Fsp3) is 0.235. The Balaban J connectivity index is 1.71. The SMILES string of the molecule is CN(Cc1ccccc1)C(=O)CN1C(=O)COc2cccnc21. The Bertz CT molecular complexity index is 718. The molecule has 23 heavy (non-hydrogen) atoms. The third kappa shape index (κ3) is 3.31. The number of amides is 2. The van der Waals surface area contributed by atoms with Crippen LogP contribution in [0.1, 0.15) is 5.56 Å². The Kier molecular flexibility index (Phi) is 4.23. The first-order chi connectivity index (χ1) is 11.1. The maximum atomic E-state index is 12.4. The van der Waals surface area contributed by atoms with Crippen LogP contribution in [0, 0.1) is 0 Å². The van der Waals surface area contributed by atoms with Crippen LogP contribution in [0.3, 0.4) is 0 Å². The minimum atomic E-state index is -0.266. The topological polar surface area (TPSA) is 62.7 Å². The highest BCUT2D eigenvalue weighted by Crippen LogP contribution is 2.28. The van der Waals surface area contributed by atoms with E-state index in [1.807, 2.05) is 30.3 Å². The zero-order valence-corrected chi connectivity index (χ0v) is 12.8. The molecule has 6 heteroatoms. The number of pyridine rings is 1. The molecule has 118 valence electrons. The predicted octanol–water partition coefficient (Wildman–Crippen LogP) is 1.47. The van der Waals surface area contributed by atoms with Gasteiger partial charge in [-0.1, -0.05) is 30.3 Å². The van der Waals surface area contributed by atoms with Gasteiger partial charge in [0.25, 0.3) is 5.91 Å². The summed E-state index contributed by atoms with van der Waals surface area (Å²) in [6.45, 7) is 0.372. The molecule has 1 aliphatic rings. The molecular weight excluding hydrogens is 294 g/mol. The van der Waals surface area contributed by atoms with Gasteiger partial charge < -0.3 is 9.64 Å². The van der Waals surface area contributed by atoms with Crippen molar-refractivity contribution in [1.82, 2.24) is 9.88 Å². The monoisotopic (exact) mass is 311 g/mol. The molecule has 0 unspecified atom stereocenters. The molecule has 0 N–H and O–H groups in total. The second kappa shape index (κ2) is 6.48. The number of hydrogen-bond acceptors (Lipinski definition) is 4. The number of nitrogens with zero attached hydrogens (tertiary/aromatic N) is 3. The van der Waals surface area contributed by atoms with Crippen molar-refractivity contribution < 1.29 is 14.3 Å².